The van der Waals surface area contributed by atoms with Crippen LogP contribution in [0.25, 0.3) is 10.4 Å². The van der Waals surface area contributed by atoms with Crippen LogP contribution in [0.1, 0.15) is 0 Å². The van der Waals surface area contributed by atoms with Crippen LogP contribution in [-0.4, -0.2) is 0 Å². The molecule has 0 aliphatic heterocycles. The van der Waals surface area contributed by atoms with Crippen molar-refractivity contribution >= 4 is 0 Å². The van der Waals surface area contributed by atoms with E-state index in [9.17, 15) is 0 Å². The molecule has 3 heteroatoms. The molecule has 0 fully saturated rings. The molecule has 0 N–H and O–H groups in total. The van der Waals surface area contributed by atoms with Gasteiger partial charge in [-0.2, -0.15) is 0 Å². The summed E-state index contributed by atoms with van der Waals surface area (Å²) in [6.07, 6.45) is 0.639. The Morgan fingerprint density at radius 2 is 2.60 bits per heavy atom. The van der Waals surface area contributed by atoms with Gasteiger partial charge in [0.1, 0.15) is 0 Å². The molecule has 3 nitrogen and oxygen atoms in total. The Morgan fingerprint density at radius 3 is 2.60 bits per heavy atom. The topological polar surface area (TPSA) is 48.8 Å². The lowest BCUT2D eigenvalue weighted by molar-refractivity contribution is 1.52. The van der Waals surface area contributed by atoms with Gasteiger partial charge in [-0.3, -0.25) is 0 Å². The van der Waals surface area contributed by atoms with Gasteiger partial charge in [0.05, 0.1) is 0 Å². The SMILES string of the molecule is [C]=CN=[N+]=[N-]. The van der Waals surface area contributed by atoms with Crippen LogP contribution in [-0.2, 0) is 0 Å². The van der Waals surface area contributed by atoms with E-state index < -0.39 is 0 Å². The van der Waals surface area contributed by atoms with Crippen molar-refractivity contribution in [2.75, 3.05) is 0 Å². The quantitative estimate of drug-likeness (QED) is 0.250. The first-order valence-electron chi connectivity index (χ1n) is 0.947. The van der Waals surface area contributed by atoms with Gasteiger partial charge >= 0.3 is 0 Å². The number of nitrogens with zero attached hydrogens (tertiary/aromatic N) is 3. The predicted octanol–water partition coefficient (Wildman–Crippen LogP) is 1.12. The molecule has 0 spiro atoms. The first-order chi connectivity index (χ1) is 2.41. The van der Waals surface area contributed by atoms with Crippen molar-refractivity contribution in [2.45, 2.75) is 0 Å². The number of azide groups is 1. The van der Waals surface area contributed by atoms with E-state index in [-0.39, 0.29) is 0 Å². The van der Waals surface area contributed by atoms with Gasteiger partial charge in [-0.1, -0.05) is 5.11 Å². The second kappa shape index (κ2) is 3.05. The van der Waals surface area contributed by atoms with Gasteiger partial charge in [-0.15, -0.1) is 0 Å². The Hall–Kier alpha value is -0.950. The van der Waals surface area contributed by atoms with Crippen molar-refractivity contribution < 1.29 is 0 Å². The lowest BCUT2D eigenvalue weighted by atomic mass is 11.1. The minimum Gasteiger partial charge on any atom is -0.0679 e. The van der Waals surface area contributed by atoms with Crippen LogP contribution in [0.5, 0.6) is 0 Å². The highest BCUT2D eigenvalue weighted by molar-refractivity contribution is 4.56. The maximum Gasteiger partial charge on any atom is 0.00939 e. The zero-order valence-electron chi connectivity index (χ0n) is 2.42. The Kier molecular flexibility index (Phi) is 2.47. The summed E-state index contributed by atoms with van der Waals surface area (Å²) in [5, 5.41) is 2.69. The molecule has 0 unspecified atom stereocenters. The van der Waals surface area contributed by atoms with Gasteiger partial charge in [-0.25, -0.2) is 0 Å². The third kappa shape index (κ3) is 3.05. The van der Waals surface area contributed by atoms with Crippen LogP contribution in [0, 0.1) is 6.58 Å². The van der Waals surface area contributed by atoms with E-state index in [1.165, 1.54) is 0 Å². The highest BCUT2D eigenvalue weighted by atomic mass is 15.1. The molecule has 0 heterocycles. The van der Waals surface area contributed by atoms with Crippen LogP contribution < -0.4 is 0 Å². The summed E-state index contributed by atoms with van der Waals surface area (Å²) in [6, 6.07) is 0. The molecule has 0 aromatic rings. The predicted molar refractivity (Wildman–Crippen MR) is 17.0 cm³/mol. The summed E-state index contributed by atoms with van der Waals surface area (Å²) in [4.78, 5) is 2.24. The van der Waals surface area contributed by atoms with Crippen LogP contribution in [0.15, 0.2) is 11.3 Å². The third-order valence-electron chi connectivity index (χ3n) is 0.109. The zero-order chi connectivity index (χ0) is 4.12. The van der Waals surface area contributed by atoms with Crippen molar-refractivity contribution in [1.82, 2.24) is 0 Å². The van der Waals surface area contributed by atoms with Crippen molar-refractivity contribution in [2.24, 2.45) is 5.11 Å². The molecule has 0 amide bonds. The van der Waals surface area contributed by atoms with Gasteiger partial charge in [-0.05, 0) is 12.1 Å². The Balaban J connectivity index is 3.31. The number of rotatable bonds is 1. The fraction of sp³-hybridized carbons (Fsp3) is 0. The van der Waals surface area contributed by atoms with Gasteiger partial charge in [0.25, 0.3) is 0 Å². The highest BCUT2D eigenvalue weighted by Gasteiger charge is 1.39. The van der Waals surface area contributed by atoms with E-state index in [4.69, 9.17) is 12.1 Å². The lowest BCUT2D eigenvalue weighted by Gasteiger charge is -1.44. The number of hydrogen-bond acceptors (Lipinski definition) is 1. The third-order valence-corrected chi connectivity index (χ3v) is 0.109. The van der Waals surface area contributed by atoms with E-state index in [1.54, 1.807) is 0 Å². The molecule has 0 aliphatic carbocycles. The fourth-order valence-corrected chi connectivity index (χ4v) is 0.0258. The average molecular weight is 67.1 g/mol. The smallest absolute Gasteiger partial charge is 0.00939 e. The summed E-state index contributed by atoms with van der Waals surface area (Å²) in [5.74, 6) is 0. The van der Waals surface area contributed by atoms with E-state index >= 15 is 0 Å². The molecule has 0 bridgehead atoms. The average Bonchev–Trinajstić information content (AvgIpc) is 1.41. The largest absolute Gasteiger partial charge is 0.0679 e. The Morgan fingerprint density at radius 1 is 2.00 bits per heavy atom. The maximum atomic E-state index is 7.37. The first kappa shape index (κ1) is 4.05. The van der Waals surface area contributed by atoms with Crippen molar-refractivity contribution in [3.05, 3.63) is 23.2 Å². The summed E-state index contributed by atoms with van der Waals surface area (Å²) in [7, 11) is 0. The van der Waals surface area contributed by atoms with Gasteiger partial charge in [0.2, 0.25) is 0 Å². The second-order valence-electron chi connectivity index (χ2n) is 0.334. The summed E-state index contributed by atoms with van der Waals surface area (Å²) >= 11 is 0. The molecule has 24 valence electrons. The standard InChI is InChI=1S/C2HN3/c1-2-4-5-3/h2H. The normalized spacial score (nSPS) is 4.80. The molecule has 0 saturated heterocycles. The zero-order valence-corrected chi connectivity index (χ0v) is 2.42. The molecule has 0 atom stereocenters. The van der Waals surface area contributed by atoms with E-state index in [2.05, 4.69) is 10.0 Å². The summed E-state index contributed by atoms with van der Waals surface area (Å²) in [5.41, 5.74) is 7.37. The summed E-state index contributed by atoms with van der Waals surface area (Å²) in [6.45, 7) is 6.06. The maximum absolute atomic E-state index is 7.37. The first-order valence-corrected chi connectivity index (χ1v) is 0.947. The monoisotopic (exact) mass is 67.0 g/mol. The lowest BCUT2D eigenvalue weighted by Crippen LogP contribution is -1.23. The molecule has 5 heavy (non-hydrogen) atoms. The molecule has 0 aromatic carbocycles. The van der Waals surface area contributed by atoms with E-state index in [0.29, 0.717) is 6.20 Å². The molecule has 2 radical (unpaired) electrons. The highest BCUT2D eigenvalue weighted by Crippen LogP contribution is 1.61. The minimum absolute atomic E-state index is 0.639. The molecule has 0 rings (SSSR count). The van der Waals surface area contributed by atoms with Crippen LogP contribution in [0.2, 0.25) is 0 Å². The van der Waals surface area contributed by atoms with Gasteiger partial charge in [0, 0.05) is 11.1 Å². The van der Waals surface area contributed by atoms with Gasteiger partial charge in [0.15, 0.2) is 0 Å². The molecule has 0 saturated carbocycles. The summed E-state index contributed by atoms with van der Waals surface area (Å²) < 4.78 is 0. The van der Waals surface area contributed by atoms with Crippen LogP contribution in [0.3, 0.4) is 0 Å². The minimum atomic E-state index is 0.639. The number of hydrogen-bond donors (Lipinski definition) is 0. The van der Waals surface area contributed by atoms with E-state index in [0.717, 1.165) is 0 Å². The van der Waals surface area contributed by atoms with Crippen molar-refractivity contribution in [3.63, 3.8) is 0 Å². The van der Waals surface area contributed by atoms with Crippen molar-refractivity contribution in [1.29, 1.82) is 0 Å². The van der Waals surface area contributed by atoms with Crippen LogP contribution in [0.4, 0.5) is 0 Å². The fourth-order valence-electron chi connectivity index (χ4n) is 0.0258. The van der Waals surface area contributed by atoms with Crippen molar-refractivity contribution in [3.8, 4) is 0 Å². The Bertz CT molecular complexity index is 69.0. The van der Waals surface area contributed by atoms with Gasteiger partial charge < -0.3 is 0 Å². The molecular weight excluding hydrogens is 66.0 g/mol. The molecule has 0 aromatic heterocycles. The second-order valence-corrected chi connectivity index (χ2v) is 0.334. The Labute approximate surface area is 29.5 Å². The van der Waals surface area contributed by atoms with E-state index in [1.807, 2.05) is 0 Å². The molecule has 0 aliphatic rings. The van der Waals surface area contributed by atoms with Crippen LogP contribution >= 0.6 is 0 Å². The molecular formula is C2HN3.